The highest BCUT2D eigenvalue weighted by Crippen LogP contribution is 2.41. The monoisotopic (exact) mass is 541 g/mol. The molecule has 0 saturated heterocycles. The van der Waals surface area contributed by atoms with Crippen LogP contribution in [0.5, 0.6) is 0 Å². The van der Waals surface area contributed by atoms with Crippen molar-refractivity contribution in [3.05, 3.63) is 35.4 Å². The van der Waals surface area contributed by atoms with Crippen molar-refractivity contribution in [3.63, 3.8) is 0 Å². The summed E-state index contributed by atoms with van der Waals surface area (Å²) >= 11 is 1.60. The predicted molar refractivity (Wildman–Crippen MR) is 153 cm³/mol. The zero-order valence-corrected chi connectivity index (χ0v) is 24.2. The topological polar surface area (TPSA) is 87.7 Å². The number of carbonyl (C=O) groups excluding carboxylic acids is 3. The number of nitrogens with zero attached hydrogens (tertiary/aromatic N) is 1. The third-order valence-corrected chi connectivity index (χ3v) is 7.81. The van der Waals surface area contributed by atoms with Gasteiger partial charge in [-0.05, 0) is 76.0 Å². The van der Waals surface area contributed by atoms with Crippen molar-refractivity contribution in [2.75, 3.05) is 12.0 Å². The highest BCUT2D eigenvalue weighted by molar-refractivity contribution is 7.98. The van der Waals surface area contributed by atoms with Gasteiger partial charge < -0.3 is 20.3 Å². The number of carbonyl (C=O) groups is 3. The fourth-order valence-electron chi connectivity index (χ4n) is 5.11. The number of amides is 3. The third kappa shape index (κ3) is 8.17. The molecule has 2 aliphatic carbocycles. The van der Waals surface area contributed by atoms with Crippen molar-refractivity contribution in [2.24, 2.45) is 5.92 Å². The maximum Gasteiger partial charge on any atom is 0.408 e. The fraction of sp³-hybridized carbons (Fsp3) is 0.633. The highest BCUT2D eigenvalue weighted by Gasteiger charge is 2.48. The zero-order valence-electron chi connectivity index (χ0n) is 23.4. The van der Waals surface area contributed by atoms with Gasteiger partial charge in [0.15, 0.2) is 0 Å². The molecule has 7 nitrogen and oxygen atoms in total. The van der Waals surface area contributed by atoms with Gasteiger partial charge in [0.25, 0.3) is 0 Å². The lowest BCUT2D eigenvalue weighted by Gasteiger charge is -2.36. The van der Waals surface area contributed by atoms with Gasteiger partial charge in [-0.3, -0.25) is 9.59 Å². The molecule has 1 aromatic carbocycles. The van der Waals surface area contributed by atoms with Crippen LogP contribution in [0, 0.1) is 18.3 Å². The van der Waals surface area contributed by atoms with Crippen molar-refractivity contribution in [1.82, 2.24) is 15.5 Å². The summed E-state index contributed by atoms with van der Waals surface area (Å²) in [5, 5.41) is 6.04. The summed E-state index contributed by atoms with van der Waals surface area (Å²) in [4.78, 5) is 42.7. The predicted octanol–water partition coefficient (Wildman–Crippen LogP) is 5.04. The van der Waals surface area contributed by atoms with E-state index in [1.807, 2.05) is 24.5 Å². The number of terminal acetylenes is 1. The maximum atomic E-state index is 14.3. The minimum Gasteiger partial charge on any atom is -0.444 e. The lowest BCUT2D eigenvalue weighted by Crippen LogP contribution is -2.55. The van der Waals surface area contributed by atoms with Crippen LogP contribution in [0.15, 0.2) is 24.3 Å². The second-order valence-corrected chi connectivity index (χ2v) is 12.5. The van der Waals surface area contributed by atoms with Gasteiger partial charge in [0.2, 0.25) is 11.8 Å². The Morgan fingerprint density at radius 1 is 1.18 bits per heavy atom. The van der Waals surface area contributed by atoms with E-state index in [1.54, 1.807) is 43.5 Å². The van der Waals surface area contributed by atoms with E-state index in [1.165, 1.54) is 6.42 Å². The van der Waals surface area contributed by atoms with Crippen molar-refractivity contribution >= 4 is 29.7 Å². The first-order valence-corrected chi connectivity index (χ1v) is 15.1. The summed E-state index contributed by atoms with van der Waals surface area (Å²) in [5.74, 6) is 3.12. The normalized spacial score (nSPS) is 20.9. The first-order valence-electron chi connectivity index (χ1n) is 13.7. The van der Waals surface area contributed by atoms with Gasteiger partial charge in [0, 0.05) is 17.6 Å². The summed E-state index contributed by atoms with van der Waals surface area (Å²) in [7, 11) is 0. The third-order valence-electron chi connectivity index (χ3n) is 7.17. The minimum absolute atomic E-state index is 0.0810. The van der Waals surface area contributed by atoms with Crippen LogP contribution in [0.1, 0.15) is 89.8 Å². The van der Waals surface area contributed by atoms with E-state index in [4.69, 9.17) is 11.2 Å². The Morgan fingerprint density at radius 2 is 1.84 bits per heavy atom. The van der Waals surface area contributed by atoms with E-state index in [0.717, 1.165) is 32.1 Å². The van der Waals surface area contributed by atoms with E-state index >= 15 is 0 Å². The second kappa shape index (κ2) is 13.4. The minimum atomic E-state index is -0.885. The molecular formula is C30H43N3O4S. The quantitative estimate of drug-likeness (QED) is 0.405. The maximum absolute atomic E-state index is 14.3. The molecule has 0 aromatic heterocycles. The molecule has 2 N–H and O–H groups in total. The summed E-state index contributed by atoms with van der Waals surface area (Å²) in [6.07, 6.45) is 13.6. The summed E-state index contributed by atoms with van der Waals surface area (Å²) in [5.41, 5.74) is 0.524. The van der Waals surface area contributed by atoms with E-state index in [2.05, 4.69) is 23.5 Å². The Kier molecular flexibility index (Phi) is 10.6. The van der Waals surface area contributed by atoms with Crippen LogP contribution in [0.25, 0.3) is 0 Å². The molecule has 1 aromatic rings. The van der Waals surface area contributed by atoms with Crippen LogP contribution in [-0.4, -0.2) is 58.5 Å². The Bertz CT molecular complexity index is 1030. The van der Waals surface area contributed by atoms with Gasteiger partial charge >= 0.3 is 6.09 Å². The molecule has 0 aliphatic heterocycles. The first kappa shape index (κ1) is 29.9. The number of benzene rings is 1. The number of hydrogen-bond donors (Lipinski definition) is 2. The lowest BCUT2D eigenvalue weighted by atomic mass is 9.93. The molecule has 0 radical (unpaired) electrons. The van der Waals surface area contributed by atoms with Crippen molar-refractivity contribution in [2.45, 2.75) is 102 Å². The second-order valence-electron chi connectivity index (χ2n) is 11.5. The molecule has 208 valence electrons. The van der Waals surface area contributed by atoms with Crippen LogP contribution in [0.4, 0.5) is 4.79 Å². The molecule has 2 saturated carbocycles. The van der Waals surface area contributed by atoms with Crippen LogP contribution in [0.3, 0.4) is 0 Å². The number of alkyl carbamates (subject to hydrolysis) is 1. The Hall–Kier alpha value is -2.66. The SMILES string of the molecule is C#Cc1ccccc1C(C(=O)NC1CCCCC1)N(C(=O)C(CCSC)NC(=O)OC(C)(C)C)C1CC1C. The highest BCUT2D eigenvalue weighted by atomic mass is 32.2. The lowest BCUT2D eigenvalue weighted by molar-refractivity contribution is -0.143. The molecule has 0 spiro atoms. The molecular weight excluding hydrogens is 498 g/mol. The molecule has 3 amide bonds. The molecule has 2 aliphatic rings. The van der Waals surface area contributed by atoms with E-state index < -0.39 is 23.8 Å². The van der Waals surface area contributed by atoms with Gasteiger partial charge in [-0.15, -0.1) is 6.42 Å². The average molecular weight is 542 g/mol. The van der Waals surface area contributed by atoms with Crippen LogP contribution in [-0.2, 0) is 14.3 Å². The molecule has 3 rings (SSSR count). The largest absolute Gasteiger partial charge is 0.444 e. The van der Waals surface area contributed by atoms with E-state index in [0.29, 0.717) is 23.3 Å². The molecule has 0 bridgehead atoms. The fourth-order valence-corrected chi connectivity index (χ4v) is 5.58. The molecule has 38 heavy (non-hydrogen) atoms. The van der Waals surface area contributed by atoms with E-state index in [-0.39, 0.29) is 29.8 Å². The van der Waals surface area contributed by atoms with Gasteiger partial charge in [0.1, 0.15) is 17.7 Å². The molecule has 0 heterocycles. The number of hydrogen-bond acceptors (Lipinski definition) is 5. The number of nitrogens with one attached hydrogen (secondary N) is 2. The number of ether oxygens (including phenoxy) is 1. The van der Waals surface area contributed by atoms with Gasteiger partial charge in [-0.2, -0.15) is 11.8 Å². The van der Waals surface area contributed by atoms with E-state index in [9.17, 15) is 14.4 Å². The standard InChI is InChI=1S/C30H43N3O4S/c1-7-21-13-11-12-16-23(21)26(27(34)31-22-14-9-8-10-15-22)33(25-19-20(25)2)28(35)24(17-18-38-6)32-29(36)37-30(3,4)5/h1,11-13,16,20,22,24-26H,8-10,14-15,17-19H2,2-6H3,(H,31,34)(H,32,36). The summed E-state index contributed by atoms with van der Waals surface area (Å²) in [6, 6.07) is 5.58. The Balaban J connectivity index is 2.00. The van der Waals surface area contributed by atoms with Gasteiger partial charge in [-0.1, -0.05) is 50.3 Å². The van der Waals surface area contributed by atoms with Crippen LogP contribution < -0.4 is 10.6 Å². The van der Waals surface area contributed by atoms with Crippen molar-refractivity contribution < 1.29 is 19.1 Å². The molecule has 2 fully saturated rings. The average Bonchev–Trinajstić information content (AvgIpc) is 3.59. The Labute approximate surface area is 232 Å². The van der Waals surface area contributed by atoms with Gasteiger partial charge in [0.05, 0.1) is 0 Å². The number of thioether (sulfide) groups is 1. The van der Waals surface area contributed by atoms with Crippen molar-refractivity contribution in [1.29, 1.82) is 0 Å². The smallest absolute Gasteiger partial charge is 0.408 e. The number of rotatable bonds is 10. The van der Waals surface area contributed by atoms with Crippen molar-refractivity contribution in [3.8, 4) is 12.3 Å². The van der Waals surface area contributed by atoms with Crippen LogP contribution >= 0.6 is 11.8 Å². The first-order chi connectivity index (χ1) is 18.1. The summed E-state index contributed by atoms with van der Waals surface area (Å²) in [6.45, 7) is 7.43. The zero-order chi connectivity index (χ0) is 27.9. The van der Waals surface area contributed by atoms with Crippen LogP contribution in [0.2, 0.25) is 0 Å². The summed E-state index contributed by atoms with van der Waals surface area (Å²) < 4.78 is 5.47. The molecule has 4 atom stereocenters. The molecule has 4 unspecified atom stereocenters. The van der Waals surface area contributed by atoms with Gasteiger partial charge in [-0.25, -0.2) is 4.79 Å². The molecule has 8 heteroatoms. The Morgan fingerprint density at radius 3 is 2.42 bits per heavy atom.